The summed E-state index contributed by atoms with van der Waals surface area (Å²) >= 11 is 9.24. The predicted molar refractivity (Wildman–Crippen MR) is 179 cm³/mol. The fourth-order valence-corrected chi connectivity index (χ4v) is 6.77. The van der Waals surface area contributed by atoms with E-state index in [-0.39, 0.29) is 23.9 Å². The third-order valence-corrected chi connectivity index (χ3v) is 9.77. The smallest absolute Gasteiger partial charge is 0.352 e. The Morgan fingerprint density at radius 2 is 1.47 bits per heavy atom. The van der Waals surface area contributed by atoms with Crippen LogP contribution >= 0.6 is 27.5 Å². The lowest BCUT2D eigenvalue weighted by molar-refractivity contribution is -0.140. The molecule has 13 heteroatoms. The van der Waals surface area contributed by atoms with Crippen LogP contribution in [0.2, 0.25) is 5.02 Å². The molecule has 1 atom stereocenters. The Kier molecular flexibility index (Phi) is 11.8. The number of sulfonamides is 1. The van der Waals surface area contributed by atoms with E-state index in [1.165, 1.54) is 29.2 Å². The molecule has 1 N–H and O–H groups in total. The standard InChI is InChI=1S/C34H32BrClF3N3O4S/c1-23(2)40-33(44)31(19-24-9-5-3-6-10-24)41(21-25-13-15-26(35)16-14-25)32(43)22-42(47(45,46)28-11-7-4-8-12-28)27-17-18-30(36)29(20-27)34(37,38)39/h3-18,20,23,31H,19,21-22H2,1-2H3,(H,40,44). The molecule has 0 aromatic heterocycles. The second kappa shape index (κ2) is 15.4. The second-order valence-electron chi connectivity index (χ2n) is 11.0. The Morgan fingerprint density at radius 1 is 0.872 bits per heavy atom. The molecular weight excluding hydrogens is 719 g/mol. The molecule has 0 fully saturated rings. The molecule has 4 aromatic rings. The van der Waals surface area contributed by atoms with E-state index < -0.39 is 56.9 Å². The highest BCUT2D eigenvalue weighted by atomic mass is 79.9. The Hall–Kier alpha value is -3.87. The van der Waals surface area contributed by atoms with E-state index in [9.17, 15) is 31.2 Å². The van der Waals surface area contributed by atoms with Gasteiger partial charge in [-0.25, -0.2) is 8.42 Å². The Labute approximate surface area is 285 Å². The van der Waals surface area contributed by atoms with E-state index >= 15 is 0 Å². The second-order valence-corrected chi connectivity index (χ2v) is 14.2. The van der Waals surface area contributed by atoms with Gasteiger partial charge in [0.15, 0.2) is 0 Å². The molecule has 4 rings (SSSR count). The van der Waals surface area contributed by atoms with Crippen LogP contribution in [0.5, 0.6) is 0 Å². The number of carbonyl (C=O) groups excluding carboxylic acids is 2. The van der Waals surface area contributed by atoms with Crippen LogP contribution in [0, 0.1) is 0 Å². The molecule has 47 heavy (non-hydrogen) atoms. The van der Waals surface area contributed by atoms with E-state index in [1.807, 2.05) is 6.07 Å². The van der Waals surface area contributed by atoms with Crippen LogP contribution < -0.4 is 9.62 Å². The highest BCUT2D eigenvalue weighted by molar-refractivity contribution is 9.10. The van der Waals surface area contributed by atoms with Gasteiger partial charge in [0.05, 0.1) is 21.2 Å². The first-order valence-corrected chi connectivity index (χ1v) is 17.1. The highest BCUT2D eigenvalue weighted by Crippen LogP contribution is 2.38. The zero-order valence-corrected chi connectivity index (χ0v) is 28.6. The van der Waals surface area contributed by atoms with Gasteiger partial charge >= 0.3 is 6.18 Å². The summed E-state index contributed by atoms with van der Waals surface area (Å²) in [6.45, 7) is 2.53. The van der Waals surface area contributed by atoms with Crippen molar-refractivity contribution in [2.45, 2.75) is 50.0 Å². The van der Waals surface area contributed by atoms with Crippen molar-refractivity contribution in [3.63, 3.8) is 0 Å². The fraction of sp³-hybridized carbons (Fsp3) is 0.235. The first-order valence-electron chi connectivity index (χ1n) is 14.5. The van der Waals surface area contributed by atoms with Crippen LogP contribution in [0.4, 0.5) is 18.9 Å². The summed E-state index contributed by atoms with van der Waals surface area (Å²) in [5.41, 5.74) is -0.303. The van der Waals surface area contributed by atoms with Crippen LogP contribution in [0.3, 0.4) is 0 Å². The Morgan fingerprint density at radius 3 is 2.04 bits per heavy atom. The van der Waals surface area contributed by atoms with Crippen molar-refractivity contribution in [3.05, 3.63) is 129 Å². The third kappa shape index (κ3) is 9.36. The number of nitrogens with one attached hydrogen (secondary N) is 1. The van der Waals surface area contributed by atoms with Gasteiger partial charge < -0.3 is 10.2 Å². The van der Waals surface area contributed by atoms with Crippen molar-refractivity contribution < 1.29 is 31.2 Å². The molecule has 0 aliphatic rings. The number of alkyl halides is 3. The number of hydrogen-bond donors (Lipinski definition) is 1. The molecule has 0 radical (unpaired) electrons. The maximum absolute atomic E-state index is 14.4. The van der Waals surface area contributed by atoms with Gasteiger partial charge in [-0.1, -0.05) is 88.2 Å². The van der Waals surface area contributed by atoms with E-state index in [0.29, 0.717) is 15.9 Å². The number of benzene rings is 4. The lowest BCUT2D eigenvalue weighted by Gasteiger charge is -2.34. The number of rotatable bonds is 12. The molecule has 0 saturated heterocycles. The topological polar surface area (TPSA) is 86.8 Å². The van der Waals surface area contributed by atoms with Crippen LogP contribution in [0.1, 0.15) is 30.5 Å². The van der Waals surface area contributed by atoms with E-state index in [1.54, 1.807) is 68.4 Å². The summed E-state index contributed by atoms with van der Waals surface area (Å²) < 4.78 is 71.2. The first kappa shape index (κ1) is 36.0. The molecule has 0 heterocycles. The van der Waals surface area contributed by atoms with Crippen molar-refractivity contribution in [1.29, 1.82) is 0 Å². The molecule has 0 spiro atoms. The summed E-state index contributed by atoms with van der Waals surface area (Å²) in [7, 11) is -4.59. The minimum atomic E-state index is -4.90. The molecule has 0 bridgehead atoms. The molecule has 0 aliphatic heterocycles. The van der Waals surface area contributed by atoms with E-state index in [0.717, 1.165) is 22.2 Å². The van der Waals surface area contributed by atoms with Crippen LogP contribution in [0.15, 0.2) is 112 Å². The van der Waals surface area contributed by atoms with Gasteiger partial charge in [-0.05, 0) is 67.4 Å². The molecule has 248 valence electrons. The van der Waals surface area contributed by atoms with Crippen molar-refractivity contribution >= 4 is 55.1 Å². The van der Waals surface area contributed by atoms with Crippen LogP contribution in [-0.4, -0.2) is 43.8 Å². The molecule has 0 saturated carbocycles. The van der Waals surface area contributed by atoms with Gasteiger partial charge in [0, 0.05) is 23.5 Å². The highest BCUT2D eigenvalue weighted by Gasteiger charge is 2.37. The maximum atomic E-state index is 14.4. The Bertz CT molecular complexity index is 1790. The molecule has 7 nitrogen and oxygen atoms in total. The van der Waals surface area contributed by atoms with Crippen LogP contribution in [0.25, 0.3) is 0 Å². The van der Waals surface area contributed by atoms with Crippen molar-refractivity contribution in [1.82, 2.24) is 10.2 Å². The van der Waals surface area contributed by atoms with E-state index in [4.69, 9.17) is 11.6 Å². The average molecular weight is 751 g/mol. The van der Waals surface area contributed by atoms with Gasteiger partial charge in [-0.3, -0.25) is 13.9 Å². The van der Waals surface area contributed by atoms with Gasteiger partial charge in [-0.15, -0.1) is 0 Å². The summed E-state index contributed by atoms with van der Waals surface area (Å²) in [6.07, 6.45) is -4.81. The summed E-state index contributed by atoms with van der Waals surface area (Å²) in [5, 5.41) is 2.22. The fourth-order valence-electron chi connectivity index (χ4n) is 4.86. The molecule has 0 aliphatic carbocycles. The van der Waals surface area contributed by atoms with Gasteiger partial charge in [0.1, 0.15) is 12.6 Å². The normalized spacial score (nSPS) is 12.4. The van der Waals surface area contributed by atoms with Gasteiger partial charge in [-0.2, -0.15) is 13.2 Å². The zero-order chi connectivity index (χ0) is 34.4. The average Bonchev–Trinajstić information content (AvgIpc) is 3.02. The molecule has 2 amide bonds. The van der Waals surface area contributed by atoms with Gasteiger partial charge in [0.2, 0.25) is 11.8 Å². The van der Waals surface area contributed by atoms with Gasteiger partial charge in [0.25, 0.3) is 10.0 Å². The minimum Gasteiger partial charge on any atom is -0.352 e. The largest absolute Gasteiger partial charge is 0.417 e. The number of hydrogen-bond acceptors (Lipinski definition) is 4. The minimum absolute atomic E-state index is 0.0895. The zero-order valence-electron chi connectivity index (χ0n) is 25.4. The molecule has 1 unspecified atom stereocenters. The number of amides is 2. The van der Waals surface area contributed by atoms with Crippen molar-refractivity contribution in [2.75, 3.05) is 10.8 Å². The lowest BCUT2D eigenvalue weighted by Crippen LogP contribution is -2.54. The van der Waals surface area contributed by atoms with Crippen molar-refractivity contribution in [2.24, 2.45) is 0 Å². The van der Waals surface area contributed by atoms with Crippen molar-refractivity contribution in [3.8, 4) is 0 Å². The summed E-state index contributed by atoms with van der Waals surface area (Å²) in [4.78, 5) is 29.2. The molecular formula is C34H32BrClF3N3O4S. The quantitative estimate of drug-likeness (QED) is 0.163. The summed E-state index contributed by atoms with van der Waals surface area (Å²) in [6, 6.07) is 24.3. The number of halogens is 5. The third-order valence-electron chi connectivity index (χ3n) is 7.12. The predicted octanol–water partition coefficient (Wildman–Crippen LogP) is 7.48. The summed E-state index contributed by atoms with van der Waals surface area (Å²) in [5.74, 6) is -1.28. The van der Waals surface area contributed by atoms with Crippen LogP contribution in [-0.2, 0) is 38.8 Å². The molecule has 4 aromatic carbocycles. The maximum Gasteiger partial charge on any atom is 0.417 e. The number of nitrogens with zero attached hydrogens (tertiary/aromatic N) is 2. The first-order chi connectivity index (χ1) is 22.2. The SMILES string of the molecule is CC(C)NC(=O)C(Cc1ccccc1)N(Cc1ccc(Br)cc1)C(=O)CN(c1ccc(Cl)c(C(F)(F)F)c1)S(=O)(=O)c1ccccc1. The lowest BCUT2D eigenvalue weighted by atomic mass is 10.0. The number of carbonyl (C=O) groups is 2. The monoisotopic (exact) mass is 749 g/mol. The Balaban J connectivity index is 1.85. The van der Waals surface area contributed by atoms with E-state index in [2.05, 4.69) is 21.2 Å². The number of anilines is 1.